The molecule has 7 saturated heterocycles. The molecule has 0 amide bonds. The van der Waals surface area contributed by atoms with Crippen molar-refractivity contribution in [1.82, 2.24) is 0 Å². The van der Waals surface area contributed by atoms with Crippen molar-refractivity contribution >= 4 is 0 Å². The summed E-state index contributed by atoms with van der Waals surface area (Å²) in [4.78, 5) is 0. The van der Waals surface area contributed by atoms with Crippen LogP contribution >= 0.6 is 0 Å². The van der Waals surface area contributed by atoms with Gasteiger partial charge in [0.05, 0.1) is 51.8 Å². The lowest BCUT2D eigenvalue weighted by atomic mass is 9.44. The molecule has 1 spiro atoms. The maximum atomic E-state index is 11.9. The molecule has 0 aromatic rings. The van der Waals surface area contributed by atoms with E-state index in [1.54, 1.807) is 0 Å². The third-order valence-electron chi connectivity index (χ3n) is 22.1. The summed E-state index contributed by atoms with van der Waals surface area (Å²) in [6.45, 7) is 5.80. The predicted molar refractivity (Wildman–Crippen MR) is 276 cm³/mol. The Kier molecular flexibility index (Phi) is 19.3. The van der Waals surface area contributed by atoms with Crippen LogP contribution in [-0.4, -0.2) is 293 Å². The highest BCUT2D eigenvalue weighted by atomic mass is 16.8. The predicted octanol–water partition coefficient (Wildman–Crippen LogP) is -5.48. The van der Waals surface area contributed by atoms with E-state index in [2.05, 4.69) is 20.8 Å². The monoisotopic (exact) mass is 1210 g/mol. The summed E-state index contributed by atoms with van der Waals surface area (Å²) < 4.78 is 74.2. The maximum Gasteiger partial charge on any atom is 0.198 e. The van der Waals surface area contributed by atoms with Gasteiger partial charge in [0.15, 0.2) is 37.2 Å². The van der Waals surface area contributed by atoms with Crippen LogP contribution in [0.2, 0.25) is 0 Å². The van der Waals surface area contributed by atoms with Crippen LogP contribution in [0.3, 0.4) is 0 Å². The molecule has 11 fully saturated rings. The summed E-state index contributed by atoms with van der Waals surface area (Å²) in [7, 11) is 0. The van der Waals surface area contributed by atoms with Crippen LogP contribution in [0.5, 0.6) is 0 Å². The Hall–Kier alpha value is -1.12. The first-order chi connectivity index (χ1) is 39.9. The molecule has 11 aliphatic rings. The van der Waals surface area contributed by atoms with Crippen LogP contribution in [0, 0.1) is 52.3 Å². The molecule has 0 unspecified atom stereocenters. The van der Waals surface area contributed by atoms with Gasteiger partial charge in [0.1, 0.15) is 122 Å². The van der Waals surface area contributed by atoms with Gasteiger partial charge in [-0.2, -0.15) is 0 Å². The molecular formula is C56H92O28. The Morgan fingerprint density at radius 1 is 0.452 bits per heavy atom. The molecule has 7 aliphatic heterocycles. The second kappa shape index (κ2) is 25.2. The van der Waals surface area contributed by atoms with Crippen molar-refractivity contribution in [3.8, 4) is 0 Å². The number of hydrogen-bond donors (Lipinski definition) is 16. The van der Waals surface area contributed by atoms with Gasteiger partial charge < -0.3 is 139 Å². The topological polar surface area (TPSA) is 434 Å². The fourth-order valence-electron chi connectivity index (χ4n) is 17.5. The Morgan fingerprint density at radius 2 is 1.00 bits per heavy atom. The first kappa shape index (κ1) is 64.4. The molecule has 84 heavy (non-hydrogen) atoms. The van der Waals surface area contributed by atoms with E-state index < -0.39 is 198 Å². The molecule has 0 bridgehead atoms. The summed E-state index contributed by atoms with van der Waals surface area (Å²) in [6.07, 6.45) is -34.5. The van der Waals surface area contributed by atoms with E-state index in [4.69, 9.17) is 56.8 Å². The molecule has 0 aromatic heterocycles. The number of aliphatic hydroxyl groups excluding tert-OH is 16. The first-order valence-corrected chi connectivity index (χ1v) is 30.4. The van der Waals surface area contributed by atoms with Gasteiger partial charge in [-0.15, -0.1) is 0 Å². The van der Waals surface area contributed by atoms with E-state index in [9.17, 15) is 81.7 Å². The van der Waals surface area contributed by atoms with Crippen molar-refractivity contribution in [1.29, 1.82) is 0 Å². The molecule has 7 heterocycles. The lowest BCUT2D eigenvalue weighted by molar-refractivity contribution is -0.404. The number of rotatable bonds is 14. The lowest BCUT2D eigenvalue weighted by Gasteiger charge is -2.61. The normalized spacial score (nSPS) is 57.7. The third kappa shape index (κ3) is 11.1. The van der Waals surface area contributed by atoms with Gasteiger partial charge in [-0.25, -0.2) is 0 Å². The summed E-state index contributed by atoms with van der Waals surface area (Å²) in [5, 5.41) is 172. The quantitative estimate of drug-likeness (QED) is 0.0722. The van der Waals surface area contributed by atoms with Gasteiger partial charge in [-0.05, 0) is 104 Å². The van der Waals surface area contributed by atoms with Crippen LogP contribution in [0.4, 0.5) is 0 Å². The third-order valence-corrected chi connectivity index (χ3v) is 22.1. The average Bonchev–Trinajstić information content (AvgIpc) is 2.03. The molecule has 4 saturated carbocycles. The highest BCUT2D eigenvalue weighted by molar-refractivity contribution is 5.17. The average molecular weight is 1210 g/mol. The lowest BCUT2D eigenvalue weighted by Crippen LogP contribution is -2.68. The molecule has 37 atom stereocenters. The van der Waals surface area contributed by atoms with E-state index in [1.807, 2.05) is 6.92 Å². The number of hydrogen-bond acceptors (Lipinski definition) is 28. The largest absolute Gasteiger partial charge is 0.394 e. The zero-order valence-electron chi connectivity index (χ0n) is 47.8. The van der Waals surface area contributed by atoms with Crippen molar-refractivity contribution in [2.45, 2.75) is 257 Å². The van der Waals surface area contributed by atoms with Gasteiger partial charge in [0.2, 0.25) is 0 Å². The van der Waals surface area contributed by atoms with Crippen LogP contribution in [0.15, 0.2) is 0 Å². The van der Waals surface area contributed by atoms with E-state index >= 15 is 0 Å². The molecular weight excluding hydrogens is 1120 g/mol. The van der Waals surface area contributed by atoms with Gasteiger partial charge in [0.25, 0.3) is 0 Å². The molecule has 28 nitrogen and oxygen atoms in total. The van der Waals surface area contributed by atoms with Crippen molar-refractivity contribution in [3.63, 3.8) is 0 Å². The second-order valence-corrected chi connectivity index (χ2v) is 26.8. The van der Waals surface area contributed by atoms with Crippen LogP contribution in [0.1, 0.15) is 85.5 Å². The maximum absolute atomic E-state index is 11.9. The summed E-state index contributed by atoms with van der Waals surface area (Å²) in [5.74, 6) is 0.438. The molecule has 4 aliphatic carbocycles. The molecule has 28 heteroatoms. The Labute approximate surface area is 486 Å². The fourth-order valence-corrected chi connectivity index (χ4v) is 17.5. The van der Waals surface area contributed by atoms with Crippen LogP contribution in [0.25, 0.3) is 0 Å². The molecule has 11 rings (SSSR count). The first-order valence-electron chi connectivity index (χ1n) is 30.4. The van der Waals surface area contributed by atoms with Gasteiger partial charge in [-0.1, -0.05) is 27.7 Å². The van der Waals surface area contributed by atoms with Crippen molar-refractivity contribution < 1.29 is 139 Å². The SMILES string of the molecule is C[C@H]1CO[C@@]2(O[C@H]3C[C@@H]4[C@@H]5CC[C@H]6C[C@@H](O[C@@H]7O[C@H](CO)[C@H](O[C@@H]8O[C@H](CO)[C@@H](O)[C@H](O[C@@H]9OC[C@@H](O)[C@H](O)[C@H]9O)[C@H]8O[C@@H]8O[C@H](CO)[C@@H](O)[C@H](O)[C@H]8O)[C@H](O)[C@H]7O)CC[C@]6(C)[C@@H]5CC[C@]4(C)[C@H]3[C@@H]2C)[C@@H](O[C@@H]2O[C@H](CO)[C@@H](O)[C@H](O)[C@H]2O)C1. The Balaban J connectivity index is 0.747. The van der Waals surface area contributed by atoms with Gasteiger partial charge >= 0.3 is 0 Å². The minimum Gasteiger partial charge on any atom is -0.394 e. The van der Waals surface area contributed by atoms with E-state index in [-0.39, 0.29) is 40.6 Å². The zero-order valence-corrected chi connectivity index (χ0v) is 47.8. The Bertz CT molecular complexity index is 2190. The Morgan fingerprint density at radius 3 is 1.65 bits per heavy atom. The van der Waals surface area contributed by atoms with E-state index in [1.165, 1.54) is 0 Å². The van der Waals surface area contributed by atoms with Crippen LogP contribution < -0.4 is 0 Å². The number of aliphatic hydroxyl groups is 16. The summed E-state index contributed by atoms with van der Waals surface area (Å²) in [5.41, 5.74) is -0.126. The summed E-state index contributed by atoms with van der Waals surface area (Å²) in [6, 6.07) is 0. The fraction of sp³-hybridized carbons (Fsp3) is 1.00. The second-order valence-electron chi connectivity index (χ2n) is 26.8. The smallest absolute Gasteiger partial charge is 0.198 e. The van der Waals surface area contributed by atoms with Crippen LogP contribution in [-0.2, 0) is 56.8 Å². The summed E-state index contributed by atoms with van der Waals surface area (Å²) >= 11 is 0. The van der Waals surface area contributed by atoms with Crippen molar-refractivity contribution in [2.75, 3.05) is 39.6 Å². The van der Waals surface area contributed by atoms with Gasteiger partial charge in [0, 0.05) is 5.92 Å². The van der Waals surface area contributed by atoms with Gasteiger partial charge in [-0.3, -0.25) is 0 Å². The number of ether oxygens (including phenoxy) is 12. The molecule has 16 N–H and O–H groups in total. The number of fused-ring (bicyclic) bond motifs is 7. The molecule has 0 radical (unpaired) electrons. The molecule has 0 aromatic carbocycles. The van der Waals surface area contributed by atoms with Crippen molar-refractivity contribution in [2.24, 2.45) is 52.3 Å². The standard InChI is InChI=1S/C56H92O28/c1-20-11-33(80-51-43(70)39(66)36(63)29(14-57)76-51)56(74-18-20)21(2)34-28(84-56)13-26-24-6-5-22-12-23(7-9-54(22,3)25(24)8-10-55(26,34)4)75-50-45(72)41(68)46(32(17-60)79-50)81-53-48(83-52-44(71)40(67)37(64)30(15-58)77-52)47(38(65)31(16-59)78-53)82-49-42(69)35(62)27(61)19-73-49/h20-53,57-72H,5-19H2,1-4H3/t20-,21+,22+,23+,24-,25-,26-,27-,28+,29-,30-,31-,32-,33+,34+,35+,36-,37-,38-,39+,40+,41-,42-,43-,44-,45-,46+,47+,48-,49+,50-,51+,52+,53+,54+,55+,56+/m1/s1. The molecule has 484 valence electrons. The minimum absolute atomic E-state index is 0.0430. The van der Waals surface area contributed by atoms with Crippen molar-refractivity contribution in [3.05, 3.63) is 0 Å². The highest BCUT2D eigenvalue weighted by Gasteiger charge is 2.72. The highest BCUT2D eigenvalue weighted by Crippen LogP contribution is 2.72. The van der Waals surface area contributed by atoms with E-state index in [0.29, 0.717) is 43.6 Å². The zero-order chi connectivity index (χ0) is 60.2. The minimum atomic E-state index is -2.03. The van der Waals surface area contributed by atoms with E-state index in [0.717, 1.165) is 38.5 Å².